The Balaban J connectivity index is 3.64. The highest BCUT2D eigenvalue weighted by molar-refractivity contribution is 5.05. The number of hydrogen-bond acceptors (Lipinski definition) is 3. The highest BCUT2D eigenvalue weighted by Gasteiger charge is 2.03. The first-order chi connectivity index (χ1) is 6.76. The van der Waals surface area contributed by atoms with Gasteiger partial charge >= 0.3 is 0 Å². The van der Waals surface area contributed by atoms with Crippen LogP contribution in [-0.4, -0.2) is 33.4 Å². The SMILES string of the molecule is CCC(NC)/C(C)=C\NCCCOC. The molecule has 0 aliphatic carbocycles. The zero-order chi connectivity index (χ0) is 10.8. The fraction of sp³-hybridized carbons (Fsp3) is 0.818. The van der Waals surface area contributed by atoms with E-state index in [0.29, 0.717) is 6.04 Å². The molecule has 0 rings (SSSR count). The summed E-state index contributed by atoms with van der Waals surface area (Å²) in [6.07, 6.45) is 4.27. The first-order valence-corrected chi connectivity index (χ1v) is 5.32. The van der Waals surface area contributed by atoms with Crippen LogP contribution in [-0.2, 0) is 4.74 Å². The normalized spacial score (nSPS) is 14.1. The van der Waals surface area contributed by atoms with Crippen molar-refractivity contribution in [3.05, 3.63) is 11.8 Å². The lowest BCUT2D eigenvalue weighted by Crippen LogP contribution is -2.26. The average molecular weight is 200 g/mol. The molecule has 0 bridgehead atoms. The summed E-state index contributed by atoms with van der Waals surface area (Å²) in [5.41, 5.74) is 1.35. The molecule has 0 amide bonds. The minimum Gasteiger partial charge on any atom is -0.391 e. The molecule has 1 unspecified atom stereocenters. The molecule has 0 aliphatic heterocycles. The van der Waals surface area contributed by atoms with E-state index in [2.05, 4.69) is 30.7 Å². The number of methoxy groups -OCH3 is 1. The maximum atomic E-state index is 4.97. The van der Waals surface area contributed by atoms with Gasteiger partial charge in [-0.2, -0.15) is 0 Å². The Morgan fingerprint density at radius 3 is 2.71 bits per heavy atom. The van der Waals surface area contributed by atoms with Crippen LogP contribution in [0.4, 0.5) is 0 Å². The lowest BCUT2D eigenvalue weighted by atomic mass is 10.1. The third kappa shape index (κ3) is 6.00. The summed E-state index contributed by atoms with van der Waals surface area (Å²) >= 11 is 0. The Bertz CT molecular complexity index is 153. The molecule has 2 N–H and O–H groups in total. The molecular weight excluding hydrogens is 176 g/mol. The van der Waals surface area contributed by atoms with Crippen molar-refractivity contribution in [2.24, 2.45) is 0 Å². The molecule has 0 saturated carbocycles. The van der Waals surface area contributed by atoms with Crippen LogP contribution in [0.1, 0.15) is 26.7 Å². The summed E-state index contributed by atoms with van der Waals surface area (Å²) in [5, 5.41) is 6.56. The monoisotopic (exact) mass is 200 g/mol. The molecule has 0 heterocycles. The van der Waals surface area contributed by atoms with Crippen molar-refractivity contribution in [1.82, 2.24) is 10.6 Å². The molecule has 0 aliphatic rings. The van der Waals surface area contributed by atoms with Crippen LogP contribution in [0, 0.1) is 0 Å². The van der Waals surface area contributed by atoms with Crippen molar-refractivity contribution in [2.45, 2.75) is 32.7 Å². The van der Waals surface area contributed by atoms with Crippen LogP contribution >= 0.6 is 0 Å². The number of nitrogens with one attached hydrogen (secondary N) is 2. The lowest BCUT2D eigenvalue weighted by Gasteiger charge is -2.14. The Kier molecular flexibility index (Phi) is 8.68. The molecule has 3 heteroatoms. The molecule has 0 aromatic carbocycles. The van der Waals surface area contributed by atoms with Crippen LogP contribution in [0.25, 0.3) is 0 Å². The number of rotatable bonds is 8. The predicted molar refractivity (Wildman–Crippen MR) is 61.4 cm³/mol. The van der Waals surface area contributed by atoms with E-state index >= 15 is 0 Å². The number of ether oxygens (including phenoxy) is 1. The summed E-state index contributed by atoms with van der Waals surface area (Å²) in [6, 6.07) is 0.491. The summed E-state index contributed by atoms with van der Waals surface area (Å²) in [4.78, 5) is 0. The molecule has 0 aromatic rings. The van der Waals surface area contributed by atoms with E-state index in [0.717, 1.165) is 26.0 Å². The first kappa shape index (κ1) is 13.5. The summed E-state index contributed by atoms with van der Waals surface area (Å²) in [5.74, 6) is 0. The smallest absolute Gasteiger partial charge is 0.0479 e. The van der Waals surface area contributed by atoms with Crippen molar-refractivity contribution in [1.29, 1.82) is 0 Å². The zero-order valence-electron chi connectivity index (χ0n) is 9.89. The van der Waals surface area contributed by atoms with Gasteiger partial charge in [0.05, 0.1) is 0 Å². The van der Waals surface area contributed by atoms with Gasteiger partial charge in [-0.3, -0.25) is 0 Å². The van der Waals surface area contributed by atoms with E-state index in [1.54, 1.807) is 7.11 Å². The molecular formula is C11H24N2O. The molecule has 0 fully saturated rings. The van der Waals surface area contributed by atoms with E-state index < -0.39 is 0 Å². The van der Waals surface area contributed by atoms with Crippen molar-refractivity contribution in [3.8, 4) is 0 Å². The van der Waals surface area contributed by atoms with Gasteiger partial charge < -0.3 is 15.4 Å². The fourth-order valence-corrected chi connectivity index (χ4v) is 1.41. The topological polar surface area (TPSA) is 33.3 Å². The van der Waals surface area contributed by atoms with E-state index in [1.807, 2.05) is 7.05 Å². The highest BCUT2D eigenvalue weighted by atomic mass is 16.5. The van der Waals surface area contributed by atoms with Crippen molar-refractivity contribution < 1.29 is 4.74 Å². The van der Waals surface area contributed by atoms with E-state index in [-0.39, 0.29) is 0 Å². The number of likely N-dealkylation sites (N-methyl/N-ethyl adjacent to an activating group) is 1. The minimum absolute atomic E-state index is 0.491. The Hall–Kier alpha value is -0.540. The molecule has 84 valence electrons. The van der Waals surface area contributed by atoms with Crippen molar-refractivity contribution in [3.63, 3.8) is 0 Å². The van der Waals surface area contributed by atoms with Gasteiger partial charge in [-0.05, 0) is 38.6 Å². The molecule has 1 atom stereocenters. The van der Waals surface area contributed by atoms with Crippen molar-refractivity contribution in [2.75, 3.05) is 27.3 Å². The van der Waals surface area contributed by atoms with Crippen molar-refractivity contribution >= 4 is 0 Å². The van der Waals surface area contributed by atoms with Gasteiger partial charge in [0.15, 0.2) is 0 Å². The summed E-state index contributed by atoms with van der Waals surface area (Å²) in [7, 11) is 3.73. The quantitative estimate of drug-likeness (QED) is 0.583. The summed E-state index contributed by atoms with van der Waals surface area (Å²) in [6.45, 7) is 6.13. The van der Waals surface area contributed by atoms with E-state index in [1.165, 1.54) is 5.57 Å². The van der Waals surface area contributed by atoms with Gasteiger partial charge in [0.2, 0.25) is 0 Å². The largest absolute Gasteiger partial charge is 0.391 e. The molecule has 3 nitrogen and oxygen atoms in total. The average Bonchev–Trinajstić information content (AvgIpc) is 2.19. The Morgan fingerprint density at radius 1 is 1.50 bits per heavy atom. The lowest BCUT2D eigenvalue weighted by molar-refractivity contribution is 0.195. The fourth-order valence-electron chi connectivity index (χ4n) is 1.41. The van der Waals surface area contributed by atoms with E-state index in [9.17, 15) is 0 Å². The van der Waals surface area contributed by atoms with E-state index in [4.69, 9.17) is 4.74 Å². The molecule has 14 heavy (non-hydrogen) atoms. The standard InChI is InChI=1S/C11H24N2O/c1-5-11(12-3)10(2)9-13-7-6-8-14-4/h9,11-13H,5-8H2,1-4H3/b10-9-. The third-order valence-corrected chi connectivity index (χ3v) is 2.31. The molecule has 0 radical (unpaired) electrons. The maximum absolute atomic E-state index is 4.97. The number of hydrogen-bond donors (Lipinski definition) is 2. The van der Waals surface area contributed by atoms with Crippen LogP contribution in [0.2, 0.25) is 0 Å². The van der Waals surface area contributed by atoms with Gasteiger partial charge in [0.1, 0.15) is 0 Å². The van der Waals surface area contributed by atoms with Crippen LogP contribution in [0.15, 0.2) is 11.8 Å². The maximum Gasteiger partial charge on any atom is 0.0479 e. The first-order valence-electron chi connectivity index (χ1n) is 5.32. The Labute approximate surface area is 87.9 Å². The van der Waals surface area contributed by atoms with Crippen LogP contribution in [0.5, 0.6) is 0 Å². The second kappa shape index (κ2) is 9.03. The highest BCUT2D eigenvalue weighted by Crippen LogP contribution is 2.02. The van der Waals surface area contributed by atoms with Gasteiger partial charge in [-0.25, -0.2) is 0 Å². The van der Waals surface area contributed by atoms with Gasteiger partial charge in [0, 0.05) is 26.3 Å². The second-order valence-corrected chi connectivity index (χ2v) is 3.44. The second-order valence-electron chi connectivity index (χ2n) is 3.44. The predicted octanol–water partition coefficient (Wildman–Crippen LogP) is 1.51. The third-order valence-electron chi connectivity index (χ3n) is 2.31. The summed E-state index contributed by atoms with van der Waals surface area (Å²) < 4.78 is 4.97. The molecule has 0 saturated heterocycles. The van der Waals surface area contributed by atoms with Gasteiger partial charge in [-0.15, -0.1) is 0 Å². The molecule has 0 spiro atoms. The zero-order valence-corrected chi connectivity index (χ0v) is 9.89. The Morgan fingerprint density at radius 2 is 2.21 bits per heavy atom. The van der Waals surface area contributed by atoms with Gasteiger partial charge in [-0.1, -0.05) is 6.92 Å². The minimum atomic E-state index is 0.491. The van der Waals surface area contributed by atoms with Crippen LogP contribution < -0.4 is 10.6 Å². The molecule has 0 aromatic heterocycles. The van der Waals surface area contributed by atoms with Crippen LogP contribution in [0.3, 0.4) is 0 Å². The van der Waals surface area contributed by atoms with Gasteiger partial charge in [0.25, 0.3) is 0 Å².